The summed E-state index contributed by atoms with van der Waals surface area (Å²) < 4.78 is 10.6. The zero-order valence-corrected chi connectivity index (χ0v) is 12.9. The van der Waals surface area contributed by atoms with Crippen LogP contribution in [0, 0.1) is 0 Å². The van der Waals surface area contributed by atoms with E-state index in [4.69, 9.17) is 9.47 Å². The van der Waals surface area contributed by atoms with Gasteiger partial charge in [0.05, 0.1) is 18.6 Å². The topological polar surface area (TPSA) is 67.9 Å². The van der Waals surface area contributed by atoms with Gasteiger partial charge in [-0.1, -0.05) is 6.08 Å². The number of carbonyl (C=O) groups excluding carboxylic acids is 2. The number of amides is 1. The van der Waals surface area contributed by atoms with Crippen molar-refractivity contribution in [2.75, 3.05) is 32.8 Å². The molecule has 21 heavy (non-hydrogen) atoms. The fourth-order valence-electron chi connectivity index (χ4n) is 2.48. The molecule has 0 aromatic rings. The molecule has 2 aliphatic rings. The molecule has 2 atom stereocenters. The van der Waals surface area contributed by atoms with Crippen molar-refractivity contribution in [2.45, 2.75) is 31.4 Å². The van der Waals surface area contributed by atoms with Gasteiger partial charge in [0, 0.05) is 26.2 Å². The third kappa shape index (κ3) is 5.30. The zero-order valence-electron chi connectivity index (χ0n) is 12.1. The van der Waals surface area contributed by atoms with Gasteiger partial charge < -0.3 is 19.7 Å². The Morgan fingerprint density at radius 2 is 2.38 bits per heavy atom. The molecule has 2 rings (SSSR count). The van der Waals surface area contributed by atoms with E-state index in [0.29, 0.717) is 19.6 Å². The van der Waals surface area contributed by atoms with Gasteiger partial charge in [-0.15, -0.1) is 19.0 Å². The van der Waals surface area contributed by atoms with Crippen molar-refractivity contribution >= 4 is 24.3 Å². The molecule has 0 aliphatic carbocycles. The molecule has 0 radical (unpaired) electrons. The molecule has 0 spiro atoms. The van der Waals surface area contributed by atoms with Crippen LogP contribution in [-0.2, 0) is 19.1 Å². The summed E-state index contributed by atoms with van der Waals surface area (Å²) in [5, 5.41) is 3.06. The summed E-state index contributed by atoms with van der Waals surface area (Å²) in [7, 11) is 0. The van der Waals surface area contributed by atoms with Gasteiger partial charge in [0.2, 0.25) is 5.91 Å². The Bertz CT molecular complexity index is 372. The van der Waals surface area contributed by atoms with Gasteiger partial charge in [0.15, 0.2) is 0 Å². The quantitative estimate of drug-likeness (QED) is 0.571. The molecule has 2 heterocycles. The van der Waals surface area contributed by atoms with E-state index in [1.807, 2.05) is 0 Å². The molecule has 2 fully saturated rings. The highest BCUT2D eigenvalue weighted by molar-refractivity contribution is 5.87. The van der Waals surface area contributed by atoms with E-state index in [1.54, 1.807) is 11.0 Å². The van der Waals surface area contributed by atoms with Gasteiger partial charge in [-0.05, 0) is 12.8 Å². The van der Waals surface area contributed by atoms with Gasteiger partial charge >= 0.3 is 5.97 Å². The van der Waals surface area contributed by atoms with Crippen LogP contribution in [0.15, 0.2) is 12.7 Å². The van der Waals surface area contributed by atoms with Crippen molar-refractivity contribution in [3.05, 3.63) is 12.7 Å². The molecule has 0 aromatic heterocycles. The summed E-state index contributed by atoms with van der Waals surface area (Å²) in [6.45, 7) is 6.50. The molecule has 2 aliphatic heterocycles. The van der Waals surface area contributed by atoms with E-state index >= 15 is 0 Å². The number of halogens is 1. The number of nitrogens with zero attached hydrogens (tertiary/aromatic N) is 1. The van der Waals surface area contributed by atoms with Crippen LogP contribution < -0.4 is 5.32 Å². The van der Waals surface area contributed by atoms with Crippen molar-refractivity contribution < 1.29 is 19.1 Å². The summed E-state index contributed by atoms with van der Waals surface area (Å²) in [6.07, 6.45) is 3.73. The first-order valence-electron chi connectivity index (χ1n) is 7.11. The molecule has 1 N–H and O–H groups in total. The standard InChI is InChI=1S/C14H22N2O4.ClH/c1-2-6-16-7-5-15-12(14(16)18)9-13(17)20-10-11-4-3-8-19-11;/h2,11-12,15H,1,3-10H2;1H. The molecule has 1 amide bonds. The second-order valence-corrected chi connectivity index (χ2v) is 5.10. The Hall–Kier alpha value is -1.11. The fourth-order valence-corrected chi connectivity index (χ4v) is 2.48. The Morgan fingerprint density at radius 3 is 3.05 bits per heavy atom. The highest BCUT2D eigenvalue weighted by Crippen LogP contribution is 2.13. The van der Waals surface area contributed by atoms with E-state index in [9.17, 15) is 9.59 Å². The van der Waals surface area contributed by atoms with Gasteiger partial charge in [-0.25, -0.2) is 0 Å². The predicted octanol–water partition coefficient (Wildman–Crippen LogP) is 0.507. The Balaban J connectivity index is 0.00000220. The second-order valence-electron chi connectivity index (χ2n) is 5.10. The van der Waals surface area contributed by atoms with Gasteiger partial charge in [-0.2, -0.15) is 0 Å². The average molecular weight is 319 g/mol. The van der Waals surface area contributed by atoms with E-state index < -0.39 is 6.04 Å². The van der Waals surface area contributed by atoms with Gasteiger partial charge in [0.1, 0.15) is 6.61 Å². The highest BCUT2D eigenvalue weighted by Gasteiger charge is 2.30. The fraction of sp³-hybridized carbons (Fsp3) is 0.714. The smallest absolute Gasteiger partial charge is 0.308 e. The predicted molar refractivity (Wildman–Crippen MR) is 80.4 cm³/mol. The summed E-state index contributed by atoms with van der Waals surface area (Å²) in [4.78, 5) is 25.6. The van der Waals surface area contributed by atoms with Gasteiger partial charge in [-0.3, -0.25) is 9.59 Å². The Kier molecular flexibility index (Phi) is 7.71. The molecule has 120 valence electrons. The van der Waals surface area contributed by atoms with Gasteiger partial charge in [0.25, 0.3) is 0 Å². The summed E-state index contributed by atoms with van der Waals surface area (Å²) in [6, 6.07) is -0.485. The van der Waals surface area contributed by atoms with E-state index in [-0.39, 0.29) is 43.4 Å². The maximum atomic E-state index is 12.1. The van der Waals surface area contributed by atoms with Crippen LogP contribution in [0.25, 0.3) is 0 Å². The summed E-state index contributed by atoms with van der Waals surface area (Å²) >= 11 is 0. The van der Waals surface area contributed by atoms with Crippen LogP contribution in [0.1, 0.15) is 19.3 Å². The minimum absolute atomic E-state index is 0. The number of ether oxygens (including phenoxy) is 2. The lowest BCUT2D eigenvalue weighted by atomic mass is 10.1. The molecule has 2 saturated heterocycles. The monoisotopic (exact) mass is 318 g/mol. The minimum Gasteiger partial charge on any atom is -0.463 e. The summed E-state index contributed by atoms with van der Waals surface area (Å²) in [5.41, 5.74) is 0. The average Bonchev–Trinajstić information content (AvgIpc) is 2.94. The molecule has 7 heteroatoms. The molecule has 0 bridgehead atoms. The van der Waals surface area contributed by atoms with Crippen LogP contribution >= 0.6 is 12.4 Å². The normalized spacial score (nSPS) is 25.3. The largest absolute Gasteiger partial charge is 0.463 e. The zero-order chi connectivity index (χ0) is 14.4. The third-order valence-corrected chi connectivity index (χ3v) is 3.56. The van der Waals surface area contributed by atoms with Crippen LogP contribution in [-0.4, -0.2) is 61.8 Å². The van der Waals surface area contributed by atoms with Crippen molar-refractivity contribution in [3.8, 4) is 0 Å². The Labute approximate surface area is 131 Å². The van der Waals surface area contributed by atoms with Crippen LogP contribution in [0.4, 0.5) is 0 Å². The van der Waals surface area contributed by atoms with E-state index in [1.165, 1.54) is 0 Å². The number of rotatable bonds is 6. The molecule has 2 unspecified atom stereocenters. The SMILES string of the molecule is C=CCN1CCNC(CC(=O)OCC2CCCO2)C1=O.Cl. The molecular weight excluding hydrogens is 296 g/mol. The van der Waals surface area contributed by atoms with Crippen molar-refractivity contribution in [3.63, 3.8) is 0 Å². The van der Waals surface area contributed by atoms with Crippen LogP contribution in [0.5, 0.6) is 0 Å². The first-order chi connectivity index (χ1) is 9.70. The lowest BCUT2D eigenvalue weighted by molar-refractivity contribution is -0.150. The number of hydrogen-bond acceptors (Lipinski definition) is 5. The highest BCUT2D eigenvalue weighted by atomic mass is 35.5. The Morgan fingerprint density at radius 1 is 1.57 bits per heavy atom. The molecular formula is C14H23ClN2O4. The molecule has 0 saturated carbocycles. The van der Waals surface area contributed by atoms with E-state index in [0.717, 1.165) is 19.4 Å². The maximum Gasteiger partial charge on any atom is 0.308 e. The first-order valence-corrected chi connectivity index (χ1v) is 7.11. The van der Waals surface area contributed by atoms with E-state index in [2.05, 4.69) is 11.9 Å². The van der Waals surface area contributed by atoms with Crippen molar-refractivity contribution in [2.24, 2.45) is 0 Å². The number of esters is 1. The van der Waals surface area contributed by atoms with Crippen molar-refractivity contribution in [1.82, 2.24) is 10.2 Å². The third-order valence-electron chi connectivity index (χ3n) is 3.56. The second kappa shape index (κ2) is 9.02. The molecule has 6 nitrogen and oxygen atoms in total. The van der Waals surface area contributed by atoms with Crippen LogP contribution in [0.2, 0.25) is 0 Å². The summed E-state index contributed by atoms with van der Waals surface area (Å²) in [5.74, 6) is -0.419. The first kappa shape index (κ1) is 17.9. The minimum atomic E-state index is -0.485. The number of carbonyl (C=O) groups is 2. The lowest BCUT2D eigenvalue weighted by Gasteiger charge is -2.32. The lowest BCUT2D eigenvalue weighted by Crippen LogP contribution is -2.55. The maximum absolute atomic E-state index is 12.1. The molecule has 0 aromatic carbocycles. The van der Waals surface area contributed by atoms with Crippen LogP contribution in [0.3, 0.4) is 0 Å². The van der Waals surface area contributed by atoms with Crippen molar-refractivity contribution in [1.29, 1.82) is 0 Å². The number of piperazine rings is 1. The number of nitrogens with one attached hydrogen (secondary N) is 1. The number of hydrogen-bond donors (Lipinski definition) is 1.